The molecule has 2 rings (SSSR count). The van der Waals surface area contributed by atoms with E-state index >= 15 is 0 Å². The highest BCUT2D eigenvalue weighted by molar-refractivity contribution is 5.02. The Hall–Kier alpha value is -0.970. The van der Waals surface area contributed by atoms with Gasteiger partial charge in [-0.3, -0.25) is 0 Å². The van der Waals surface area contributed by atoms with Crippen molar-refractivity contribution in [3.8, 4) is 0 Å². The van der Waals surface area contributed by atoms with Crippen LogP contribution in [0.25, 0.3) is 0 Å². The van der Waals surface area contributed by atoms with Gasteiger partial charge in [0.05, 0.1) is 6.04 Å². The number of aromatic nitrogens is 2. The predicted octanol–water partition coefficient (Wildman–Crippen LogP) is 1.68. The van der Waals surface area contributed by atoms with Crippen LogP contribution in [0.5, 0.6) is 0 Å². The molecule has 0 bridgehead atoms. The molecule has 1 aliphatic rings. The van der Waals surface area contributed by atoms with E-state index in [1.54, 1.807) is 0 Å². The number of hydrogen-bond donors (Lipinski definition) is 1. The molecule has 0 radical (unpaired) electrons. The first kappa shape index (κ1) is 9.58. The third-order valence-corrected chi connectivity index (χ3v) is 2.38. The molecule has 0 spiro atoms. The Kier molecular flexibility index (Phi) is 2.06. The van der Waals surface area contributed by atoms with Crippen LogP contribution in [0.3, 0.4) is 0 Å². The third kappa shape index (κ3) is 1.77. The van der Waals surface area contributed by atoms with Crippen molar-refractivity contribution in [1.82, 2.24) is 10.1 Å². The summed E-state index contributed by atoms with van der Waals surface area (Å²) in [7, 11) is 0. The molecule has 14 heavy (non-hydrogen) atoms. The van der Waals surface area contributed by atoms with E-state index in [-0.39, 0.29) is 11.9 Å². The highest BCUT2D eigenvalue weighted by atomic mass is 19.1. The largest absolute Gasteiger partial charge is 0.336 e. The Labute approximate surface area is 81.7 Å². The van der Waals surface area contributed by atoms with Crippen molar-refractivity contribution in [3.05, 3.63) is 11.7 Å². The Morgan fingerprint density at radius 3 is 2.64 bits per heavy atom. The average molecular weight is 199 g/mol. The number of nitrogens with two attached hydrogens (primary N) is 1. The molecule has 1 heterocycles. The summed E-state index contributed by atoms with van der Waals surface area (Å²) in [6, 6.07) is -0.199. The topological polar surface area (TPSA) is 64.9 Å². The molecule has 2 N–H and O–H groups in total. The number of rotatable bonds is 3. The molecule has 1 aromatic heterocycles. The molecule has 5 heteroatoms. The number of nitrogens with zero attached hydrogens (tertiary/aromatic N) is 2. The Morgan fingerprint density at radius 1 is 1.57 bits per heavy atom. The predicted molar refractivity (Wildman–Crippen MR) is 48.1 cm³/mol. The van der Waals surface area contributed by atoms with E-state index in [4.69, 9.17) is 10.3 Å². The van der Waals surface area contributed by atoms with E-state index < -0.39 is 5.67 Å². The Bertz CT molecular complexity index is 327. The first-order valence-corrected chi connectivity index (χ1v) is 4.77. The van der Waals surface area contributed by atoms with Crippen LogP contribution in [0.4, 0.5) is 4.39 Å². The fraction of sp³-hybridized carbons (Fsp3) is 0.778. The molecule has 1 unspecified atom stereocenters. The summed E-state index contributed by atoms with van der Waals surface area (Å²) in [5, 5.41) is 3.69. The van der Waals surface area contributed by atoms with Crippen LogP contribution in [-0.2, 0) is 5.67 Å². The Balaban J connectivity index is 2.16. The van der Waals surface area contributed by atoms with Gasteiger partial charge in [0.15, 0.2) is 11.5 Å². The molecule has 1 fully saturated rings. The summed E-state index contributed by atoms with van der Waals surface area (Å²) in [6.45, 7) is 2.76. The second kappa shape index (κ2) is 3.02. The number of alkyl halides is 1. The maximum Gasteiger partial charge on any atom is 0.263 e. The standard InChI is InChI=1S/C9H14FN3O/c1-9(2,10)8-12-7(13-14-8)6(11)5-3-4-5/h5-6H,3-4,11H2,1-2H3. The van der Waals surface area contributed by atoms with Crippen LogP contribution in [0.2, 0.25) is 0 Å². The molecule has 0 amide bonds. The number of halogens is 1. The van der Waals surface area contributed by atoms with Crippen molar-refractivity contribution in [1.29, 1.82) is 0 Å². The molecule has 0 saturated heterocycles. The van der Waals surface area contributed by atoms with Crippen molar-refractivity contribution in [2.24, 2.45) is 11.7 Å². The molecule has 1 saturated carbocycles. The quantitative estimate of drug-likeness (QED) is 0.804. The van der Waals surface area contributed by atoms with Gasteiger partial charge in [0.1, 0.15) is 0 Å². The molecule has 1 aromatic rings. The molecule has 4 nitrogen and oxygen atoms in total. The highest BCUT2D eigenvalue weighted by Gasteiger charge is 2.34. The first-order valence-electron chi connectivity index (χ1n) is 4.77. The van der Waals surface area contributed by atoms with Crippen LogP contribution in [0.15, 0.2) is 4.52 Å². The SMILES string of the molecule is CC(C)(F)c1nc(C(N)C2CC2)no1. The van der Waals surface area contributed by atoms with Crippen molar-refractivity contribution in [2.75, 3.05) is 0 Å². The van der Waals surface area contributed by atoms with E-state index in [0.29, 0.717) is 11.7 Å². The summed E-state index contributed by atoms with van der Waals surface area (Å²) in [6.07, 6.45) is 2.20. The lowest BCUT2D eigenvalue weighted by Gasteiger charge is -2.06. The van der Waals surface area contributed by atoms with Crippen molar-refractivity contribution in [3.63, 3.8) is 0 Å². The summed E-state index contributed by atoms with van der Waals surface area (Å²) >= 11 is 0. The van der Waals surface area contributed by atoms with Crippen LogP contribution >= 0.6 is 0 Å². The lowest BCUT2D eigenvalue weighted by molar-refractivity contribution is 0.155. The second-order valence-electron chi connectivity index (χ2n) is 4.29. The van der Waals surface area contributed by atoms with E-state index in [2.05, 4.69) is 10.1 Å². The van der Waals surface area contributed by atoms with E-state index in [0.717, 1.165) is 12.8 Å². The van der Waals surface area contributed by atoms with Crippen LogP contribution in [0, 0.1) is 5.92 Å². The van der Waals surface area contributed by atoms with E-state index in [1.165, 1.54) is 13.8 Å². The minimum atomic E-state index is -1.59. The summed E-state index contributed by atoms with van der Waals surface area (Å²) in [4.78, 5) is 3.96. The van der Waals surface area contributed by atoms with Gasteiger partial charge in [0.25, 0.3) is 5.89 Å². The van der Waals surface area contributed by atoms with Crippen LogP contribution in [0.1, 0.15) is 44.4 Å². The molecular formula is C9H14FN3O. The third-order valence-electron chi connectivity index (χ3n) is 2.38. The van der Waals surface area contributed by atoms with Gasteiger partial charge < -0.3 is 10.3 Å². The minimum absolute atomic E-state index is 0.00333. The zero-order valence-electron chi connectivity index (χ0n) is 8.33. The van der Waals surface area contributed by atoms with Gasteiger partial charge in [-0.25, -0.2) is 4.39 Å². The zero-order chi connectivity index (χ0) is 10.3. The van der Waals surface area contributed by atoms with Gasteiger partial charge in [-0.1, -0.05) is 5.16 Å². The highest BCUT2D eigenvalue weighted by Crippen LogP contribution is 2.38. The summed E-state index contributed by atoms with van der Waals surface area (Å²) in [5.41, 5.74) is 4.26. The van der Waals surface area contributed by atoms with Crippen molar-refractivity contribution < 1.29 is 8.91 Å². The molecule has 1 atom stereocenters. The molecule has 0 aromatic carbocycles. The average Bonchev–Trinajstić information content (AvgIpc) is 2.79. The maximum atomic E-state index is 13.4. The summed E-state index contributed by atoms with van der Waals surface area (Å²) < 4.78 is 18.2. The number of hydrogen-bond acceptors (Lipinski definition) is 4. The lowest BCUT2D eigenvalue weighted by atomic mass is 10.1. The van der Waals surface area contributed by atoms with Crippen LogP contribution < -0.4 is 5.73 Å². The normalized spacial score (nSPS) is 19.7. The fourth-order valence-corrected chi connectivity index (χ4v) is 1.28. The molecule has 0 aliphatic heterocycles. The van der Waals surface area contributed by atoms with Gasteiger partial charge in [-0.15, -0.1) is 0 Å². The lowest BCUT2D eigenvalue weighted by Crippen LogP contribution is -2.15. The maximum absolute atomic E-state index is 13.4. The Morgan fingerprint density at radius 2 is 2.21 bits per heavy atom. The van der Waals surface area contributed by atoms with Crippen molar-refractivity contribution in [2.45, 2.75) is 38.4 Å². The molecule has 78 valence electrons. The van der Waals surface area contributed by atoms with Gasteiger partial charge >= 0.3 is 0 Å². The van der Waals surface area contributed by atoms with Gasteiger partial charge in [0, 0.05) is 0 Å². The van der Waals surface area contributed by atoms with E-state index in [9.17, 15) is 4.39 Å². The molecule has 1 aliphatic carbocycles. The van der Waals surface area contributed by atoms with E-state index in [1.807, 2.05) is 0 Å². The first-order chi connectivity index (χ1) is 6.48. The second-order valence-corrected chi connectivity index (χ2v) is 4.29. The minimum Gasteiger partial charge on any atom is -0.336 e. The van der Waals surface area contributed by atoms with Gasteiger partial charge in [-0.05, 0) is 32.6 Å². The fourth-order valence-electron chi connectivity index (χ4n) is 1.28. The summed E-state index contributed by atoms with van der Waals surface area (Å²) in [5.74, 6) is 0.875. The molecular weight excluding hydrogens is 185 g/mol. The van der Waals surface area contributed by atoms with Crippen molar-refractivity contribution >= 4 is 0 Å². The van der Waals surface area contributed by atoms with Crippen LogP contribution in [-0.4, -0.2) is 10.1 Å². The smallest absolute Gasteiger partial charge is 0.263 e. The zero-order valence-corrected chi connectivity index (χ0v) is 8.33. The monoisotopic (exact) mass is 199 g/mol. The van der Waals surface area contributed by atoms with Gasteiger partial charge in [-0.2, -0.15) is 4.98 Å². The van der Waals surface area contributed by atoms with Gasteiger partial charge in [0.2, 0.25) is 0 Å².